The van der Waals surface area contributed by atoms with Crippen molar-refractivity contribution in [2.24, 2.45) is 0 Å². The van der Waals surface area contributed by atoms with Gasteiger partial charge in [0.05, 0.1) is 27.6 Å². The first-order valence-corrected chi connectivity index (χ1v) is 24.9. The maximum atomic E-state index is 7.31. The van der Waals surface area contributed by atoms with Gasteiger partial charge >= 0.3 is 0 Å². The summed E-state index contributed by atoms with van der Waals surface area (Å²) in [4.78, 5) is 0. The molecule has 5 heterocycles. The SMILES string of the molecule is Cc1cc(C)c(-c2ccc3c(c2)B2c4c(cc(-c5c(C)cc(C)cc5C)cc4-n4c5ccc(-n6c7ccccc7c7ccccc76)cc5c5cc(-n6c7ccccc7c7ccccc76)cc2c54)O3)c(C)c1. The van der Waals surface area contributed by atoms with Gasteiger partial charge in [0.1, 0.15) is 11.5 Å². The highest BCUT2D eigenvalue weighted by Gasteiger charge is 2.42. The molecule has 4 nitrogen and oxygen atoms in total. The highest BCUT2D eigenvalue weighted by atomic mass is 16.5. The quantitative estimate of drug-likeness (QED) is 0.161. The third-order valence-corrected chi connectivity index (χ3v) is 16.0. The molecule has 2 aliphatic rings. The molecule has 0 fully saturated rings. The van der Waals surface area contributed by atoms with E-state index in [0.717, 1.165) is 22.9 Å². The molecule has 0 aliphatic carbocycles. The lowest BCUT2D eigenvalue weighted by molar-refractivity contribution is 0.487. The molecule has 5 heteroatoms. The molecular formula is C66H48BN3O. The van der Waals surface area contributed by atoms with Crippen molar-refractivity contribution in [2.45, 2.75) is 41.5 Å². The van der Waals surface area contributed by atoms with E-state index in [1.54, 1.807) is 0 Å². The van der Waals surface area contributed by atoms with Gasteiger partial charge in [0, 0.05) is 54.9 Å². The summed E-state index contributed by atoms with van der Waals surface area (Å²) in [5.74, 6) is 1.82. The Labute approximate surface area is 412 Å². The van der Waals surface area contributed by atoms with E-state index in [4.69, 9.17) is 4.74 Å². The normalized spacial score (nSPS) is 12.7. The van der Waals surface area contributed by atoms with Crippen LogP contribution in [-0.4, -0.2) is 20.4 Å². The zero-order valence-corrected chi connectivity index (χ0v) is 40.6. The molecule has 0 bridgehead atoms. The van der Waals surface area contributed by atoms with Gasteiger partial charge in [-0.3, -0.25) is 0 Å². The lowest BCUT2D eigenvalue weighted by Gasteiger charge is -2.34. The van der Waals surface area contributed by atoms with E-state index >= 15 is 0 Å². The van der Waals surface area contributed by atoms with Crippen molar-refractivity contribution in [2.75, 3.05) is 0 Å². The summed E-state index contributed by atoms with van der Waals surface area (Å²) in [5.41, 5.74) is 26.9. The summed E-state index contributed by atoms with van der Waals surface area (Å²) in [7, 11) is 0. The van der Waals surface area contributed by atoms with Crippen molar-refractivity contribution in [3.05, 3.63) is 215 Å². The summed E-state index contributed by atoms with van der Waals surface area (Å²) in [5, 5.41) is 7.45. The molecular weight excluding hydrogens is 862 g/mol. The number of benzene rings is 10. The molecule has 0 spiro atoms. The van der Waals surface area contributed by atoms with E-state index in [9.17, 15) is 0 Å². The average Bonchev–Trinajstić information content (AvgIpc) is 4.00. The van der Waals surface area contributed by atoms with E-state index in [0.29, 0.717) is 0 Å². The van der Waals surface area contributed by atoms with E-state index in [1.165, 1.54) is 143 Å². The molecule has 336 valence electrons. The van der Waals surface area contributed by atoms with Gasteiger partial charge in [0.15, 0.2) is 0 Å². The van der Waals surface area contributed by atoms with Crippen molar-refractivity contribution in [1.29, 1.82) is 0 Å². The van der Waals surface area contributed by atoms with Crippen LogP contribution in [-0.2, 0) is 0 Å². The number of aryl methyl sites for hydroxylation is 6. The van der Waals surface area contributed by atoms with Crippen LogP contribution in [0.1, 0.15) is 33.4 Å². The Hall–Kier alpha value is -8.54. The van der Waals surface area contributed by atoms with E-state index in [2.05, 4.69) is 237 Å². The maximum absolute atomic E-state index is 7.31. The Balaban J connectivity index is 1.10. The van der Waals surface area contributed by atoms with Crippen molar-refractivity contribution < 1.29 is 4.74 Å². The standard InChI is InChI=1S/C66H48BN3O/c1-37-27-39(3)63(40(4)28-37)43-23-26-61-53(31-43)67-54-36-46(69-57-21-13-9-17-49(57)50-18-10-14-22-58(50)69)35-52-51-34-45(68-55-19-11-7-15-47(55)48-16-8-12-20-56(48)68)24-25-59(51)70(66(52)54)60-32-44(33-62(71-61)65(60)67)64-41(5)29-38(2)30-42(64)6/h7-36H,1-6H3. The second-order valence-electron chi connectivity index (χ2n) is 20.4. The molecule has 0 unspecified atom stereocenters. The Morgan fingerprint density at radius 1 is 0.352 bits per heavy atom. The summed E-state index contributed by atoms with van der Waals surface area (Å²) >= 11 is 0. The number of hydrogen-bond acceptors (Lipinski definition) is 1. The molecule has 71 heavy (non-hydrogen) atoms. The van der Waals surface area contributed by atoms with Crippen LogP contribution < -0.4 is 21.1 Å². The zero-order valence-electron chi connectivity index (χ0n) is 40.6. The fourth-order valence-corrected chi connectivity index (χ4v) is 13.5. The van der Waals surface area contributed by atoms with Gasteiger partial charge in [-0.15, -0.1) is 0 Å². The largest absolute Gasteiger partial charge is 0.458 e. The average molecular weight is 910 g/mol. The minimum Gasteiger partial charge on any atom is -0.458 e. The molecule has 10 aromatic carbocycles. The minimum atomic E-state index is -0.117. The highest BCUT2D eigenvalue weighted by molar-refractivity contribution is 6.99. The predicted molar refractivity (Wildman–Crippen MR) is 300 cm³/mol. The smallest absolute Gasteiger partial charge is 0.256 e. The molecule has 13 aromatic rings. The first-order valence-electron chi connectivity index (χ1n) is 24.9. The number of fused-ring (bicyclic) bond motifs is 13. The molecule has 0 saturated carbocycles. The summed E-state index contributed by atoms with van der Waals surface area (Å²) in [6.45, 7) is 13.3. The summed E-state index contributed by atoms with van der Waals surface area (Å²) < 4.78 is 14.8. The van der Waals surface area contributed by atoms with Gasteiger partial charge in [-0.2, -0.15) is 0 Å². The van der Waals surface area contributed by atoms with Crippen LogP contribution in [0.25, 0.3) is 105 Å². The third kappa shape index (κ3) is 5.57. The third-order valence-electron chi connectivity index (χ3n) is 16.0. The second kappa shape index (κ2) is 14.5. The van der Waals surface area contributed by atoms with Crippen molar-refractivity contribution in [3.63, 3.8) is 0 Å². The topological polar surface area (TPSA) is 24.0 Å². The Bertz CT molecular complexity index is 4370. The van der Waals surface area contributed by atoms with Gasteiger partial charge in [-0.25, -0.2) is 0 Å². The number of para-hydroxylation sites is 4. The molecule has 0 N–H and O–H groups in total. The van der Waals surface area contributed by atoms with E-state index < -0.39 is 0 Å². The van der Waals surface area contributed by atoms with Crippen molar-refractivity contribution in [3.8, 4) is 50.8 Å². The Kier molecular flexibility index (Phi) is 8.25. The molecule has 0 amide bonds. The summed E-state index contributed by atoms with van der Waals surface area (Å²) in [6.07, 6.45) is 0. The molecule has 0 radical (unpaired) electrons. The molecule has 0 saturated heterocycles. The fraction of sp³-hybridized carbons (Fsp3) is 0.0909. The predicted octanol–water partition coefficient (Wildman–Crippen LogP) is 15.1. The Morgan fingerprint density at radius 2 is 0.845 bits per heavy atom. The number of aromatic nitrogens is 3. The van der Waals surface area contributed by atoms with E-state index in [-0.39, 0.29) is 6.71 Å². The van der Waals surface area contributed by atoms with Crippen LogP contribution >= 0.6 is 0 Å². The van der Waals surface area contributed by atoms with Crippen LogP contribution in [0.4, 0.5) is 0 Å². The van der Waals surface area contributed by atoms with Gasteiger partial charge in [-0.1, -0.05) is 120 Å². The second-order valence-corrected chi connectivity index (χ2v) is 20.4. The Morgan fingerprint density at radius 3 is 1.41 bits per heavy atom. The molecule has 0 atom stereocenters. The first kappa shape index (κ1) is 40.4. The number of ether oxygens (including phenoxy) is 1. The molecule has 3 aromatic heterocycles. The zero-order chi connectivity index (χ0) is 47.6. The van der Waals surface area contributed by atoms with Crippen LogP contribution in [0.3, 0.4) is 0 Å². The van der Waals surface area contributed by atoms with Gasteiger partial charge in [0.2, 0.25) is 0 Å². The van der Waals surface area contributed by atoms with Crippen molar-refractivity contribution in [1.82, 2.24) is 13.7 Å². The molecule has 2 aliphatic heterocycles. The van der Waals surface area contributed by atoms with Gasteiger partial charge < -0.3 is 18.4 Å². The number of hydrogen-bond donors (Lipinski definition) is 0. The van der Waals surface area contributed by atoms with Crippen molar-refractivity contribution >= 4 is 88.5 Å². The number of nitrogens with zero attached hydrogens (tertiary/aromatic N) is 3. The lowest BCUT2D eigenvalue weighted by atomic mass is 9.34. The minimum absolute atomic E-state index is 0.117. The number of rotatable bonds is 4. The van der Waals surface area contributed by atoms with Crippen LogP contribution in [0.2, 0.25) is 0 Å². The maximum Gasteiger partial charge on any atom is 0.256 e. The van der Waals surface area contributed by atoms with Crippen LogP contribution in [0.15, 0.2) is 182 Å². The first-order chi connectivity index (χ1) is 34.7. The van der Waals surface area contributed by atoms with E-state index in [1.807, 2.05) is 0 Å². The fourth-order valence-electron chi connectivity index (χ4n) is 13.5. The molecule has 15 rings (SSSR count). The monoisotopic (exact) mass is 909 g/mol. The highest BCUT2D eigenvalue weighted by Crippen LogP contribution is 2.44. The van der Waals surface area contributed by atoms with Gasteiger partial charge in [-0.05, 0) is 175 Å². The summed E-state index contributed by atoms with van der Waals surface area (Å²) in [6, 6.07) is 68.6. The lowest BCUT2D eigenvalue weighted by Crippen LogP contribution is -2.58. The van der Waals surface area contributed by atoms with Crippen LogP contribution in [0.5, 0.6) is 11.5 Å². The van der Waals surface area contributed by atoms with Gasteiger partial charge in [0.25, 0.3) is 6.71 Å². The van der Waals surface area contributed by atoms with Crippen LogP contribution in [0, 0.1) is 41.5 Å².